The molecule has 0 saturated heterocycles. The highest BCUT2D eigenvalue weighted by molar-refractivity contribution is 6.05. The Kier molecular flexibility index (Phi) is 12.5. The minimum absolute atomic E-state index is 0.0372. The van der Waals surface area contributed by atoms with E-state index in [0.29, 0.717) is 43.0 Å². The first kappa shape index (κ1) is 40.2. The second kappa shape index (κ2) is 18.1. The summed E-state index contributed by atoms with van der Waals surface area (Å²) in [5, 5.41) is 14.0. The van der Waals surface area contributed by atoms with Crippen molar-refractivity contribution in [1.29, 1.82) is 5.26 Å². The molecule has 300 valence electrons. The van der Waals surface area contributed by atoms with Gasteiger partial charge in [0.15, 0.2) is 0 Å². The van der Waals surface area contributed by atoms with E-state index in [2.05, 4.69) is 16.3 Å². The first-order valence-corrected chi connectivity index (χ1v) is 19.9. The third-order valence-electron chi connectivity index (χ3n) is 11.0. The number of fused-ring (bicyclic) bond motifs is 3. The number of Topliss-reactive ketones (excluding diaryl/α,β-unsaturated/α-hetero) is 1. The largest absolute Gasteiger partial charge is 0.497 e. The molecule has 0 fully saturated rings. The summed E-state index contributed by atoms with van der Waals surface area (Å²) in [6, 6.07) is 18.7. The Balaban J connectivity index is 0.844. The molecule has 1 amide bonds. The van der Waals surface area contributed by atoms with E-state index in [1.165, 1.54) is 17.3 Å². The van der Waals surface area contributed by atoms with Gasteiger partial charge in [-0.1, -0.05) is 17.7 Å². The maximum absolute atomic E-state index is 13.6. The van der Waals surface area contributed by atoms with Gasteiger partial charge < -0.3 is 28.8 Å². The van der Waals surface area contributed by atoms with Crippen LogP contribution in [0.2, 0.25) is 0 Å². The summed E-state index contributed by atoms with van der Waals surface area (Å²) in [5.74, 6) is -0.0819. The average Bonchev–Trinajstić information content (AvgIpc) is 3.50. The molecule has 5 aromatic rings. The number of hydrogen-bond acceptors (Lipinski definition) is 10. The second-order valence-electron chi connectivity index (χ2n) is 14.9. The molecule has 58 heavy (non-hydrogen) atoms. The van der Waals surface area contributed by atoms with Crippen molar-refractivity contribution in [2.75, 3.05) is 58.1 Å². The lowest BCUT2D eigenvalue weighted by molar-refractivity contribution is -0.119. The van der Waals surface area contributed by atoms with Crippen molar-refractivity contribution >= 4 is 51.2 Å². The number of methoxy groups -OCH3 is 1. The monoisotopic (exact) mass is 784 g/mol. The number of aryl methyl sites for hydroxylation is 3. The molecule has 7 rings (SSSR count). The molecule has 2 aliphatic heterocycles. The zero-order chi connectivity index (χ0) is 40.8. The fourth-order valence-electron chi connectivity index (χ4n) is 8.08. The number of ketones is 1. The van der Waals surface area contributed by atoms with Crippen molar-refractivity contribution in [3.05, 3.63) is 110 Å². The average molecular weight is 785 g/mol. The Morgan fingerprint density at radius 2 is 1.71 bits per heavy atom. The number of carbonyl (C=O) groups is 3. The third kappa shape index (κ3) is 8.61. The molecule has 3 aromatic carbocycles. The lowest BCUT2D eigenvalue weighted by Gasteiger charge is -2.37. The van der Waals surface area contributed by atoms with Crippen LogP contribution in [0.1, 0.15) is 69.6 Å². The number of benzene rings is 3. The van der Waals surface area contributed by atoms with Crippen LogP contribution in [-0.2, 0) is 38.3 Å². The highest BCUT2D eigenvalue weighted by Crippen LogP contribution is 2.40. The number of hydrogen-bond donors (Lipinski definition) is 1. The normalized spacial score (nSPS) is 13.7. The highest BCUT2D eigenvalue weighted by Gasteiger charge is 2.27. The molecule has 2 aliphatic rings. The van der Waals surface area contributed by atoms with Crippen molar-refractivity contribution < 1.29 is 33.0 Å². The van der Waals surface area contributed by atoms with Crippen LogP contribution in [0.25, 0.3) is 27.9 Å². The van der Waals surface area contributed by atoms with Crippen LogP contribution in [0, 0.1) is 25.2 Å². The molecule has 0 aliphatic carbocycles. The molecule has 0 saturated carbocycles. The predicted octanol–water partition coefficient (Wildman–Crippen LogP) is 6.41. The van der Waals surface area contributed by atoms with E-state index >= 15 is 0 Å². The van der Waals surface area contributed by atoms with Gasteiger partial charge in [-0.2, -0.15) is 5.26 Å². The van der Waals surface area contributed by atoms with Crippen molar-refractivity contribution in [2.45, 2.75) is 58.8 Å². The van der Waals surface area contributed by atoms with E-state index in [0.717, 1.165) is 77.4 Å². The van der Waals surface area contributed by atoms with Crippen LogP contribution in [0.4, 0.5) is 5.69 Å². The quantitative estimate of drug-likeness (QED) is 0.0514. The molecule has 1 N–H and O–H groups in total. The molecule has 4 heterocycles. The van der Waals surface area contributed by atoms with E-state index < -0.39 is 11.5 Å². The van der Waals surface area contributed by atoms with Crippen LogP contribution in [0.3, 0.4) is 0 Å². The van der Waals surface area contributed by atoms with E-state index in [1.54, 1.807) is 17.7 Å². The number of amides is 1. The molecule has 0 unspecified atom stereocenters. The standard InChI is InChI=1S/C46H48N4O8/c1-29-10-12-31(13-11-29)45(53)50-30(2)39(40-27-37(55-3)14-15-41(40)50)26-36(51)8-6-19-56-21-22-57-20-16-48-44(52)35(28-47)25-34-24-33-23-32-7-4-17-49-18-5-9-38(42(32)49)43(33)58-46(34)54/h10-15,23-25,27H,4-9,16-22,26H2,1-3H3,(H,48,52)/b35-25+. The molecular formula is C46H48N4O8. The topological polar surface area (TPSA) is 153 Å². The zero-order valence-corrected chi connectivity index (χ0v) is 33.3. The fourth-order valence-corrected chi connectivity index (χ4v) is 8.08. The van der Waals surface area contributed by atoms with Gasteiger partial charge in [0, 0.05) is 72.4 Å². The number of nitriles is 1. The van der Waals surface area contributed by atoms with Gasteiger partial charge in [-0.25, -0.2) is 4.79 Å². The summed E-state index contributed by atoms with van der Waals surface area (Å²) >= 11 is 0. The molecule has 0 spiro atoms. The maximum atomic E-state index is 13.6. The van der Waals surface area contributed by atoms with Crippen LogP contribution < -0.4 is 20.6 Å². The van der Waals surface area contributed by atoms with Crippen molar-refractivity contribution in [3.63, 3.8) is 0 Å². The highest BCUT2D eigenvalue weighted by atomic mass is 16.5. The van der Waals surface area contributed by atoms with Crippen LogP contribution >= 0.6 is 0 Å². The Labute approximate surface area is 337 Å². The molecule has 0 bridgehead atoms. The number of carbonyl (C=O) groups excluding carboxylic acids is 3. The predicted molar refractivity (Wildman–Crippen MR) is 222 cm³/mol. The fraction of sp³-hybridized carbons (Fsp3) is 0.370. The van der Waals surface area contributed by atoms with Crippen LogP contribution in [0.15, 0.2) is 69.4 Å². The summed E-state index contributed by atoms with van der Waals surface area (Å²) in [6.07, 6.45) is 6.19. The first-order valence-electron chi connectivity index (χ1n) is 19.9. The number of ether oxygens (including phenoxy) is 3. The van der Waals surface area contributed by atoms with E-state index in [9.17, 15) is 24.4 Å². The van der Waals surface area contributed by atoms with Crippen LogP contribution in [-0.4, -0.2) is 75.3 Å². The minimum atomic E-state index is -0.612. The van der Waals surface area contributed by atoms with Crippen molar-refractivity contribution in [2.24, 2.45) is 0 Å². The molecule has 2 aromatic heterocycles. The summed E-state index contributed by atoms with van der Waals surface area (Å²) in [5.41, 5.74) is 7.36. The lowest BCUT2D eigenvalue weighted by atomic mass is 9.90. The van der Waals surface area contributed by atoms with Crippen molar-refractivity contribution in [1.82, 2.24) is 9.88 Å². The molecular weight excluding hydrogens is 737 g/mol. The SMILES string of the molecule is COc1ccc2c(c1)c(CC(=O)CCCOCCOCCNC(=O)/C(C#N)=C/c1cc3cc4c5c(c3oc1=O)CCCN5CCC4)c(C)n2C(=O)c1ccc(C)cc1. The molecule has 0 atom stereocenters. The lowest BCUT2D eigenvalue weighted by Crippen LogP contribution is -2.34. The van der Waals surface area contributed by atoms with Gasteiger partial charge in [0.05, 0.1) is 38.0 Å². The number of rotatable bonds is 16. The maximum Gasteiger partial charge on any atom is 0.343 e. The number of nitrogens with zero attached hydrogens (tertiary/aromatic N) is 3. The Hall–Kier alpha value is -6.03. The second-order valence-corrected chi connectivity index (χ2v) is 14.9. The van der Waals surface area contributed by atoms with Gasteiger partial charge >= 0.3 is 5.63 Å². The van der Waals surface area contributed by atoms with E-state index in [4.69, 9.17) is 18.6 Å². The molecule has 12 heteroatoms. The van der Waals surface area contributed by atoms with E-state index in [1.807, 2.05) is 62.4 Å². The first-order chi connectivity index (χ1) is 28.2. The summed E-state index contributed by atoms with van der Waals surface area (Å²) in [7, 11) is 1.59. The number of aromatic nitrogens is 1. The van der Waals surface area contributed by atoms with Gasteiger partial charge in [0.1, 0.15) is 28.8 Å². The zero-order valence-electron chi connectivity index (χ0n) is 33.3. The molecule has 0 radical (unpaired) electrons. The number of nitrogens with one attached hydrogen (secondary N) is 1. The summed E-state index contributed by atoms with van der Waals surface area (Å²) in [4.78, 5) is 54.9. The van der Waals surface area contributed by atoms with Gasteiger partial charge in [-0.15, -0.1) is 0 Å². The third-order valence-corrected chi connectivity index (χ3v) is 11.0. The minimum Gasteiger partial charge on any atom is -0.497 e. The smallest absolute Gasteiger partial charge is 0.343 e. The van der Waals surface area contributed by atoms with Gasteiger partial charge in [-0.05, 0) is 106 Å². The van der Waals surface area contributed by atoms with Gasteiger partial charge in [0.25, 0.3) is 11.8 Å². The van der Waals surface area contributed by atoms with Gasteiger partial charge in [0.2, 0.25) is 0 Å². The van der Waals surface area contributed by atoms with Gasteiger partial charge in [-0.3, -0.25) is 19.0 Å². The molecule has 12 nitrogen and oxygen atoms in total. The summed E-state index contributed by atoms with van der Waals surface area (Å²) in [6.45, 7) is 7.16. The number of anilines is 1. The summed E-state index contributed by atoms with van der Waals surface area (Å²) < 4.78 is 24.2. The Bertz CT molecular complexity index is 2500. The van der Waals surface area contributed by atoms with Crippen LogP contribution in [0.5, 0.6) is 5.75 Å². The Morgan fingerprint density at radius 3 is 2.47 bits per heavy atom. The van der Waals surface area contributed by atoms with Crippen molar-refractivity contribution in [3.8, 4) is 11.8 Å². The Morgan fingerprint density at radius 1 is 0.948 bits per heavy atom. The van der Waals surface area contributed by atoms with E-state index in [-0.39, 0.29) is 49.0 Å².